The van der Waals surface area contributed by atoms with Crippen molar-refractivity contribution in [2.45, 2.75) is 0 Å². The predicted octanol–water partition coefficient (Wildman–Crippen LogP) is 0.759. The summed E-state index contributed by atoms with van der Waals surface area (Å²) in [4.78, 5) is 12.9. The first kappa shape index (κ1) is 23.6. The van der Waals surface area contributed by atoms with Gasteiger partial charge in [-0.1, -0.05) is 72.3 Å². The molecule has 0 fully saturated rings. The SMILES string of the molecule is O=C(c1ccccc1)c1ccc(-c2ccccc2)[n+](-c2ccccc2Cl)c1.[O-][Cl+3]([O-])([O-])[O-]. The third-order valence-corrected chi connectivity index (χ3v) is 4.75. The first-order valence-electron chi connectivity index (χ1n) is 9.31. The number of rotatable bonds is 4. The van der Waals surface area contributed by atoms with Gasteiger partial charge in [-0.25, -0.2) is 18.6 Å². The number of nitrogens with zero attached hydrogens (tertiary/aromatic N) is 1. The van der Waals surface area contributed by atoms with E-state index in [4.69, 9.17) is 30.2 Å². The number of benzene rings is 3. The number of hydrogen-bond acceptors (Lipinski definition) is 5. The number of carbonyl (C=O) groups excluding carboxylic acids is 1. The number of ketones is 1. The molecule has 3 aromatic carbocycles. The Morgan fingerprint density at radius 3 is 1.81 bits per heavy atom. The fourth-order valence-electron chi connectivity index (χ4n) is 3.08. The topological polar surface area (TPSA) is 113 Å². The van der Waals surface area contributed by atoms with Crippen molar-refractivity contribution < 1.29 is 38.2 Å². The van der Waals surface area contributed by atoms with Gasteiger partial charge in [0.05, 0.1) is 5.56 Å². The molecule has 1 heterocycles. The first-order chi connectivity index (χ1) is 15.2. The third kappa shape index (κ3) is 6.45. The van der Waals surface area contributed by atoms with Crippen LogP contribution in [0.1, 0.15) is 15.9 Å². The van der Waals surface area contributed by atoms with Gasteiger partial charge in [0.15, 0.2) is 12.0 Å². The Bertz CT molecular complexity index is 1190. The number of aromatic nitrogens is 1. The molecule has 0 aliphatic heterocycles. The highest BCUT2D eigenvalue weighted by Gasteiger charge is 2.22. The summed E-state index contributed by atoms with van der Waals surface area (Å²) in [6.45, 7) is 0. The van der Waals surface area contributed by atoms with E-state index in [0.29, 0.717) is 16.1 Å². The van der Waals surface area contributed by atoms with Crippen molar-refractivity contribution in [2.24, 2.45) is 0 Å². The Hall–Kier alpha value is -3.10. The average molecular weight is 470 g/mol. The second-order valence-corrected chi connectivity index (χ2v) is 7.73. The molecule has 1 aromatic heterocycles. The summed E-state index contributed by atoms with van der Waals surface area (Å²) < 4.78 is 36.0. The highest BCUT2D eigenvalue weighted by atomic mass is 35.7. The molecule has 6 nitrogen and oxygen atoms in total. The molecule has 0 saturated carbocycles. The smallest absolute Gasteiger partial charge is 0.229 e. The summed E-state index contributed by atoms with van der Waals surface area (Å²) in [5.41, 5.74) is 4.13. The Morgan fingerprint density at radius 2 is 1.22 bits per heavy atom. The van der Waals surface area contributed by atoms with Gasteiger partial charge < -0.3 is 0 Å². The van der Waals surface area contributed by atoms with E-state index in [2.05, 4.69) is 0 Å². The molecule has 0 saturated heterocycles. The van der Waals surface area contributed by atoms with E-state index in [1.807, 2.05) is 108 Å². The van der Waals surface area contributed by atoms with Crippen molar-refractivity contribution in [2.75, 3.05) is 0 Å². The molecule has 0 N–H and O–H groups in total. The molecule has 8 heteroatoms. The van der Waals surface area contributed by atoms with Crippen LogP contribution in [0.4, 0.5) is 0 Å². The van der Waals surface area contributed by atoms with E-state index in [9.17, 15) is 4.79 Å². The zero-order valence-electron chi connectivity index (χ0n) is 16.6. The molecule has 0 spiro atoms. The maximum absolute atomic E-state index is 12.9. The molecule has 0 atom stereocenters. The molecular formula is C24H17Cl2NO5. The first-order valence-corrected chi connectivity index (χ1v) is 10.9. The minimum Gasteiger partial charge on any atom is -0.288 e. The predicted molar refractivity (Wildman–Crippen MR) is 108 cm³/mol. The number of pyridine rings is 1. The second kappa shape index (κ2) is 10.5. The maximum Gasteiger partial charge on any atom is 0.229 e. The Morgan fingerprint density at radius 1 is 0.688 bits per heavy atom. The maximum atomic E-state index is 12.9. The molecular weight excluding hydrogens is 453 g/mol. The van der Waals surface area contributed by atoms with Crippen molar-refractivity contribution >= 4 is 17.4 Å². The molecule has 162 valence electrons. The summed E-state index contributed by atoms with van der Waals surface area (Å²) in [5, 5.41) is 0.629. The number of para-hydroxylation sites is 1. The van der Waals surface area contributed by atoms with E-state index in [-0.39, 0.29) is 5.78 Å². The molecule has 0 radical (unpaired) electrons. The fraction of sp³-hybridized carbons (Fsp3) is 0. The monoisotopic (exact) mass is 469 g/mol. The fourth-order valence-corrected chi connectivity index (χ4v) is 3.31. The van der Waals surface area contributed by atoms with Gasteiger partial charge in [0, 0.05) is 23.3 Å². The van der Waals surface area contributed by atoms with Crippen molar-refractivity contribution in [3.63, 3.8) is 0 Å². The zero-order chi connectivity index (χ0) is 23.1. The van der Waals surface area contributed by atoms with Crippen LogP contribution < -0.4 is 23.2 Å². The Labute approximate surface area is 192 Å². The second-order valence-electron chi connectivity index (χ2n) is 6.56. The summed E-state index contributed by atoms with van der Waals surface area (Å²) >= 11 is 6.46. The van der Waals surface area contributed by atoms with Crippen LogP contribution in [0.2, 0.25) is 5.02 Å². The van der Waals surface area contributed by atoms with Gasteiger partial charge in [-0.2, -0.15) is 4.57 Å². The lowest BCUT2D eigenvalue weighted by Crippen LogP contribution is -2.68. The van der Waals surface area contributed by atoms with Crippen LogP contribution in [-0.2, 0) is 0 Å². The van der Waals surface area contributed by atoms with Gasteiger partial charge in [-0.15, -0.1) is 10.2 Å². The summed E-state index contributed by atoms with van der Waals surface area (Å²) in [7, 11) is -4.94. The number of hydrogen-bond donors (Lipinski definition) is 0. The van der Waals surface area contributed by atoms with Crippen LogP contribution in [0.15, 0.2) is 103 Å². The molecule has 0 aliphatic carbocycles. The molecule has 4 rings (SSSR count). The van der Waals surface area contributed by atoms with E-state index in [1.165, 1.54) is 0 Å². The van der Waals surface area contributed by atoms with E-state index in [1.54, 1.807) is 0 Å². The Kier molecular flexibility index (Phi) is 7.71. The third-order valence-electron chi connectivity index (χ3n) is 4.43. The van der Waals surface area contributed by atoms with Gasteiger partial charge in [0.2, 0.25) is 11.4 Å². The van der Waals surface area contributed by atoms with E-state index >= 15 is 0 Å². The van der Waals surface area contributed by atoms with Crippen LogP contribution in [0.5, 0.6) is 0 Å². The molecule has 0 bridgehead atoms. The molecule has 32 heavy (non-hydrogen) atoms. The van der Waals surface area contributed by atoms with E-state index < -0.39 is 10.2 Å². The standard InChI is InChI=1S/C24H17ClNO.ClHO4/c25-21-13-7-8-14-23(21)26-17-20(24(27)19-11-5-2-6-12-19)15-16-22(26)18-9-3-1-4-10-18;2-1(3,4)5/h1-17H;(H,2,3,4,5)/q+1;/p-1. The summed E-state index contributed by atoms with van der Waals surface area (Å²) in [6.07, 6.45) is 1.86. The average Bonchev–Trinajstić information content (AvgIpc) is 2.79. The van der Waals surface area contributed by atoms with Gasteiger partial charge >= 0.3 is 0 Å². The summed E-state index contributed by atoms with van der Waals surface area (Å²) in [5.74, 6) is -0.0176. The van der Waals surface area contributed by atoms with Crippen molar-refractivity contribution in [1.82, 2.24) is 0 Å². The van der Waals surface area contributed by atoms with Gasteiger partial charge in [-0.3, -0.25) is 4.79 Å². The zero-order valence-corrected chi connectivity index (χ0v) is 18.1. The lowest BCUT2D eigenvalue weighted by molar-refractivity contribution is -2.00. The van der Waals surface area contributed by atoms with Crippen LogP contribution in [-0.4, -0.2) is 5.78 Å². The van der Waals surface area contributed by atoms with Gasteiger partial charge in [-0.05, 0) is 24.3 Å². The van der Waals surface area contributed by atoms with Crippen LogP contribution >= 0.6 is 11.6 Å². The van der Waals surface area contributed by atoms with Crippen LogP contribution in [0.25, 0.3) is 16.9 Å². The van der Waals surface area contributed by atoms with Gasteiger partial charge in [0.1, 0.15) is 5.02 Å². The normalized spacial score (nSPS) is 10.8. The van der Waals surface area contributed by atoms with Crippen LogP contribution in [0, 0.1) is 10.2 Å². The van der Waals surface area contributed by atoms with Crippen LogP contribution in [0.3, 0.4) is 0 Å². The summed E-state index contributed by atoms with van der Waals surface area (Å²) in [6, 6.07) is 30.8. The highest BCUT2D eigenvalue weighted by molar-refractivity contribution is 6.32. The van der Waals surface area contributed by atoms with Gasteiger partial charge in [0.25, 0.3) is 0 Å². The minimum absolute atomic E-state index is 0.0176. The van der Waals surface area contributed by atoms with Crippen molar-refractivity contribution in [3.05, 3.63) is 119 Å². The number of carbonyl (C=O) groups is 1. The largest absolute Gasteiger partial charge is 0.288 e. The molecule has 0 amide bonds. The lowest BCUT2D eigenvalue weighted by atomic mass is 10.0. The van der Waals surface area contributed by atoms with Crippen molar-refractivity contribution in [1.29, 1.82) is 0 Å². The van der Waals surface area contributed by atoms with Crippen molar-refractivity contribution in [3.8, 4) is 16.9 Å². The minimum atomic E-state index is -4.94. The molecule has 0 aliphatic rings. The van der Waals surface area contributed by atoms with E-state index in [0.717, 1.165) is 16.9 Å². The highest BCUT2D eigenvalue weighted by Crippen LogP contribution is 2.22. The molecule has 0 unspecified atom stereocenters. The molecule has 4 aromatic rings. The number of halogens is 2. The lowest BCUT2D eigenvalue weighted by Gasteiger charge is -2.17. The Balaban J connectivity index is 0.000000523. The quantitative estimate of drug-likeness (QED) is 0.323.